The summed E-state index contributed by atoms with van der Waals surface area (Å²) in [7, 11) is 0. The average molecular weight is 228 g/mol. The molecule has 0 amide bonds. The number of aliphatic hydroxyl groups is 1. The van der Waals surface area contributed by atoms with Crippen molar-refractivity contribution in [2.24, 2.45) is 0 Å². The standard InChI is InChI=1S/C14H16N2O/c1-11(2)10-14(17)13-8-9-16(15-13)12-6-4-3-5-7-12/h3-10,14,17H,1-2H3. The van der Waals surface area contributed by atoms with Gasteiger partial charge in [-0.3, -0.25) is 0 Å². The molecule has 0 aliphatic rings. The van der Waals surface area contributed by atoms with Gasteiger partial charge in [0, 0.05) is 6.20 Å². The van der Waals surface area contributed by atoms with Gasteiger partial charge in [-0.25, -0.2) is 4.68 Å². The number of nitrogens with zero attached hydrogens (tertiary/aromatic N) is 2. The van der Waals surface area contributed by atoms with Gasteiger partial charge < -0.3 is 5.11 Å². The van der Waals surface area contributed by atoms with Crippen LogP contribution in [-0.2, 0) is 0 Å². The molecule has 0 fully saturated rings. The van der Waals surface area contributed by atoms with E-state index in [1.54, 1.807) is 10.8 Å². The first kappa shape index (κ1) is 11.6. The lowest BCUT2D eigenvalue weighted by atomic mass is 10.2. The highest BCUT2D eigenvalue weighted by molar-refractivity contribution is 5.30. The molecule has 0 spiro atoms. The lowest BCUT2D eigenvalue weighted by molar-refractivity contribution is 0.222. The van der Waals surface area contributed by atoms with Crippen molar-refractivity contribution < 1.29 is 5.11 Å². The third kappa shape index (κ3) is 2.82. The molecule has 0 aliphatic carbocycles. The van der Waals surface area contributed by atoms with E-state index in [1.165, 1.54) is 0 Å². The van der Waals surface area contributed by atoms with Gasteiger partial charge in [-0.15, -0.1) is 0 Å². The van der Waals surface area contributed by atoms with Crippen LogP contribution in [0.15, 0.2) is 54.2 Å². The number of aromatic nitrogens is 2. The smallest absolute Gasteiger partial charge is 0.116 e. The Bertz CT molecular complexity index is 510. The van der Waals surface area contributed by atoms with Crippen molar-refractivity contribution in [3.05, 3.63) is 59.9 Å². The van der Waals surface area contributed by atoms with Crippen LogP contribution in [0, 0.1) is 0 Å². The summed E-state index contributed by atoms with van der Waals surface area (Å²) in [5.74, 6) is 0. The molecule has 1 heterocycles. The average Bonchev–Trinajstić information content (AvgIpc) is 2.78. The number of aliphatic hydroxyl groups excluding tert-OH is 1. The predicted octanol–water partition coefficient (Wildman–Crippen LogP) is 2.87. The predicted molar refractivity (Wildman–Crippen MR) is 68.0 cm³/mol. The van der Waals surface area contributed by atoms with Crippen LogP contribution in [0.3, 0.4) is 0 Å². The molecule has 2 aromatic rings. The normalized spacial score (nSPS) is 12.2. The number of hydrogen-bond acceptors (Lipinski definition) is 2. The summed E-state index contributed by atoms with van der Waals surface area (Å²) in [5, 5.41) is 14.3. The van der Waals surface area contributed by atoms with Gasteiger partial charge in [-0.05, 0) is 32.0 Å². The fourth-order valence-corrected chi connectivity index (χ4v) is 1.62. The lowest BCUT2D eigenvalue weighted by Gasteiger charge is -2.03. The molecule has 88 valence electrons. The molecular formula is C14H16N2O. The first-order valence-electron chi connectivity index (χ1n) is 5.61. The van der Waals surface area contributed by atoms with E-state index in [9.17, 15) is 5.11 Å². The fraction of sp³-hybridized carbons (Fsp3) is 0.214. The topological polar surface area (TPSA) is 38.0 Å². The van der Waals surface area contributed by atoms with Crippen LogP contribution in [0.5, 0.6) is 0 Å². The maximum absolute atomic E-state index is 9.90. The highest BCUT2D eigenvalue weighted by atomic mass is 16.3. The van der Waals surface area contributed by atoms with Crippen LogP contribution >= 0.6 is 0 Å². The summed E-state index contributed by atoms with van der Waals surface area (Å²) in [6.45, 7) is 3.91. The van der Waals surface area contributed by atoms with Gasteiger partial charge in [-0.2, -0.15) is 5.10 Å². The Kier molecular flexibility index (Phi) is 3.40. The Balaban J connectivity index is 2.25. The molecule has 0 saturated heterocycles. The van der Waals surface area contributed by atoms with E-state index >= 15 is 0 Å². The number of hydrogen-bond donors (Lipinski definition) is 1. The second-order valence-corrected chi connectivity index (χ2v) is 4.21. The van der Waals surface area contributed by atoms with Crippen molar-refractivity contribution >= 4 is 0 Å². The van der Waals surface area contributed by atoms with Crippen molar-refractivity contribution in [2.45, 2.75) is 20.0 Å². The highest BCUT2D eigenvalue weighted by Crippen LogP contribution is 2.15. The van der Waals surface area contributed by atoms with Gasteiger partial charge in [0.25, 0.3) is 0 Å². The third-order valence-electron chi connectivity index (χ3n) is 2.42. The molecule has 0 radical (unpaired) electrons. The Hall–Kier alpha value is -1.87. The molecule has 0 aliphatic heterocycles. The molecule has 1 unspecified atom stereocenters. The van der Waals surface area contributed by atoms with Crippen LogP contribution in [-0.4, -0.2) is 14.9 Å². The summed E-state index contributed by atoms with van der Waals surface area (Å²) in [5.41, 5.74) is 2.73. The van der Waals surface area contributed by atoms with Crippen molar-refractivity contribution in [3.63, 3.8) is 0 Å². The largest absolute Gasteiger partial charge is 0.383 e. The zero-order valence-electron chi connectivity index (χ0n) is 10.0. The van der Waals surface area contributed by atoms with Crippen molar-refractivity contribution in [1.29, 1.82) is 0 Å². The molecule has 17 heavy (non-hydrogen) atoms. The van der Waals surface area contributed by atoms with Crippen LogP contribution in [0.1, 0.15) is 25.6 Å². The van der Waals surface area contributed by atoms with Gasteiger partial charge in [0.05, 0.1) is 11.4 Å². The van der Waals surface area contributed by atoms with Crippen LogP contribution in [0.4, 0.5) is 0 Å². The maximum Gasteiger partial charge on any atom is 0.116 e. The first-order chi connectivity index (χ1) is 8.16. The van der Waals surface area contributed by atoms with E-state index in [-0.39, 0.29) is 0 Å². The number of benzene rings is 1. The Morgan fingerprint density at radius 1 is 1.24 bits per heavy atom. The SMILES string of the molecule is CC(C)=CC(O)c1ccn(-c2ccccc2)n1. The molecule has 1 aromatic heterocycles. The minimum absolute atomic E-state index is 0.634. The first-order valence-corrected chi connectivity index (χ1v) is 5.61. The van der Waals surface area contributed by atoms with E-state index in [4.69, 9.17) is 0 Å². The Morgan fingerprint density at radius 3 is 2.59 bits per heavy atom. The quantitative estimate of drug-likeness (QED) is 0.820. The maximum atomic E-state index is 9.90. The fourth-order valence-electron chi connectivity index (χ4n) is 1.62. The highest BCUT2D eigenvalue weighted by Gasteiger charge is 2.08. The van der Waals surface area contributed by atoms with Gasteiger partial charge in [0.15, 0.2) is 0 Å². The van der Waals surface area contributed by atoms with Gasteiger partial charge in [-0.1, -0.05) is 29.8 Å². The molecule has 1 N–H and O–H groups in total. The zero-order valence-corrected chi connectivity index (χ0v) is 10.0. The van der Waals surface area contributed by atoms with E-state index < -0.39 is 6.10 Å². The molecule has 2 rings (SSSR count). The summed E-state index contributed by atoms with van der Waals surface area (Å²) < 4.78 is 1.76. The summed E-state index contributed by atoms with van der Waals surface area (Å²) in [6, 6.07) is 11.7. The second-order valence-electron chi connectivity index (χ2n) is 4.21. The van der Waals surface area contributed by atoms with E-state index in [2.05, 4.69) is 5.10 Å². The summed E-state index contributed by atoms with van der Waals surface area (Å²) >= 11 is 0. The van der Waals surface area contributed by atoms with Gasteiger partial charge in [0.2, 0.25) is 0 Å². The lowest BCUT2D eigenvalue weighted by Crippen LogP contribution is -1.99. The van der Waals surface area contributed by atoms with Crippen LogP contribution < -0.4 is 0 Å². The number of allylic oxidation sites excluding steroid dienone is 1. The molecule has 0 saturated carbocycles. The minimum Gasteiger partial charge on any atom is -0.383 e. The number of para-hydroxylation sites is 1. The zero-order chi connectivity index (χ0) is 12.3. The molecule has 3 heteroatoms. The van der Waals surface area contributed by atoms with Crippen molar-refractivity contribution in [1.82, 2.24) is 9.78 Å². The summed E-state index contributed by atoms with van der Waals surface area (Å²) in [6.07, 6.45) is 3.01. The molecule has 1 atom stereocenters. The van der Waals surface area contributed by atoms with Gasteiger partial charge >= 0.3 is 0 Å². The van der Waals surface area contributed by atoms with Gasteiger partial charge in [0.1, 0.15) is 6.10 Å². The molecular weight excluding hydrogens is 212 g/mol. The Morgan fingerprint density at radius 2 is 1.94 bits per heavy atom. The molecule has 0 bridgehead atoms. The summed E-state index contributed by atoms with van der Waals surface area (Å²) in [4.78, 5) is 0. The van der Waals surface area contributed by atoms with Crippen LogP contribution in [0.25, 0.3) is 5.69 Å². The Labute approximate surface area is 101 Å². The van der Waals surface area contributed by atoms with Crippen LogP contribution in [0.2, 0.25) is 0 Å². The number of rotatable bonds is 3. The van der Waals surface area contributed by atoms with E-state index in [1.807, 2.05) is 56.4 Å². The monoisotopic (exact) mass is 228 g/mol. The van der Waals surface area contributed by atoms with Crippen molar-refractivity contribution in [2.75, 3.05) is 0 Å². The third-order valence-corrected chi connectivity index (χ3v) is 2.42. The van der Waals surface area contributed by atoms with Crippen molar-refractivity contribution in [3.8, 4) is 5.69 Å². The minimum atomic E-state index is -0.634. The van der Waals surface area contributed by atoms with E-state index in [0.717, 1.165) is 11.3 Å². The van der Waals surface area contributed by atoms with E-state index in [0.29, 0.717) is 5.69 Å². The second kappa shape index (κ2) is 4.97. The molecule has 1 aromatic carbocycles. The molecule has 3 nitrogen and oxygen atoms in total.